The molecule has 2 rings (SSSR count). The van der Waals surface area contributed by atoms with Gasteiger partial charge < -0.3 is 9.47 Å². The first-order valence-electron chi connectivity index (χ1n) is 7.12. The average molecular weight is 356 g/mol. The predicted octanol–water partition coefficient (Wildman–Crippen LogP) is 3.10. The quantitative estimate of drug-likeness (QED) is 0.739. The molecule has 7 heteroatoms. The molecule has 0 unspecified atom stereocenters. The van der Waals surface area contributed by atoms with Gasteiger partial charge in [0.05, 0.1) is 11.5 Å². The molecule has 0 spiro atoms. The maximum absolute atomic E-state index is 12.0. The van der Waals surface area contributed by atoms with E-state index in [1.807, 2.05) is 6.92 Å². The predicted molar refractivity (Wildman–Crippen MR) is 89.7 cm³/mol. The second kappa shape index (κ2) is 8.19. The monoisotopic (exact) mass is 355 g/mol. The molecule has 0 saturated heterocycles. The number of ether oxygens (including phenoxy) is 2. The second-order valence-corrected chi connectivity index (χ2v) is 6.81. The lowest BCUT2D eigenvalue weighted by atomic mass is 10.3. The van der Waals surface area contributed by atoms with Gasteiger partial charge in [-0.2, -0.15) is 0 Å². The van der Waals surface area contributed by atoms with Crippen molar-refractivity contribution < 1.29 is 17.9 Å². The minimum Gasteiger partial charge on any atom is -0.494 e. The van der Waals surface area contributed by atoms with Crippen LogP contribution >= 0.6 is 11.6 Å². The van der Waals surface area contributed by atoms with Crippen LogP contribution in [0.2, 0.25) is 5.02 Å². The molecule has 0 aliphatic rings. The van der Waals surface area contributed by atoms with Gasteiger partial charge in [0.15, 0.2) is 0 Å². The van der Waals surface area contributed by atoms with Crippen molar-refractivity contribution in [1.29, 1.82) is 0 Å². The Morgan fingerprint density at radius 1 is 0.957 bits per heavy atom. The average Bonchev–Trinajstić information content (AvgIpc) is 2.54. The van der Waals surface area contributed by atoms with Gasteiger partial charge >= 0.3 is 0 Å². The summed E-state index contributed by atoms with van der Waals surface area (Å²) < 4.78 is 37.4. The number of halogens is 1. The van der Waals surface area contributed by atoms with Crippen molar-refractivity contribution >= 4 is 21.6 Å². The molecule has 0 saturated carbocycles. The molecule has 0 amide bonds. The summed E-state index contributed by atoms with van der Waals surface area (Å²) in [5.41, 5.74) is 0. The van der Waals surface area contributed by atoms with Gasteiger partial charge in [0.25, 0.3) is 0 Å². The molecule has 124 valence electrons. The van der Waals surface area contributed by atoms with Gasteiger partial charge in [0.1, 0.15) is 18.1 Å². The maximum atomic E-state index is 12.0. The summed E-state index contributed by atoms with van der Waals surface area (Å²) in [7, 11) is -3.55. The largest absolute Gasteiger partial charge is 0.494 e. The summed E-state index contributed by atoms with van der Waals surface area (Å²) in [4.78, 5) is 0.169. The number of benzene rings is 2. The molecule has 2 aromatic carbocycles. The van der Waals surface area contributed by atoms with Gasteiger partial charge in [-0.25, -0.2) is 13.1 Å². The fraction of sp³-hybridized carbons (Fsp3) is 0.250. The molecule has 0 aliphatic carbocycles. The summed E-state index contributed by atoms with van der Waals surface area (Å²) in [5, 5.41) is 0.489. The first kappa shape index (κ1) is 17.6. The summed E-state index contributed by atoms with van der Waals surface area (Å²) >= 11 is 5.74. The van der Waals surface area contributed by atoms with Crippen molar-refractivity contribution in [1.82, 2.24) is 4.72 Å². The van der Waals surface area contributed by atoms with E-state index in [2.05, 4.69) is 4.72 Å². The zero-order valence-electron chi connectivity index (χ0n) is 12.7. The highest BCUT2D eigenvalue weighted by molar-refractivity contribution is 7.89. The molecule has 5 nitrogen and oxygen atoms in total. The van der Waals surface area contributed by atoms with Crippen molar-refractivity contribution in [3.8, 4) is 11.5 Å². The molecule has 0 aromatic heterocycles. The van der Waals surface area contributed by atoms with E-state index in [4.69, 9.17) is 21.1 Å². The van der Waals surface area contributed by atoms with Crippen molar-refractivity contribution in [2.24, 2.45) is 0 Å². The Balaban J connectivity index is 1.81. The topological polar surface area (TPSA) is 64.6 Å². The van der Waals surface area contributed by atoms with E-state index in [1.54, 1.807) is 24.3 Å². The lowest BCUT2D eigenvalue weighted by molar-refractivity contribution is 0.319. The van der Waals surface area contributed by atoms with Crippen LogP contribution in [0.5, 0.6) is 11.5 Å². The van der Waals surface area contributed by atoms with E-state index < -0.39 is 10.0 Å². The first-order valence-corrected chi connectivity index (χ1v) is 8.98. The fourth-order valence-electron chi connectivity index (χ4n) is 1.84. The molecule has 1 N–H and O–H groups in total. The highest BCUT2D eigenvalue weighted by atomic mass is 35.5. The van der Waals surface area contributed by atoms with Crippen LogP contribution in [-0.4, -0.2) is 28.2 Å². The molecule has 0 fully saturated rings. The summed E-state index contributed by atoms with van der Waals surface area (Å²) in [6, 6.07) is 13.1. The third-order valence-electron chi connectivity index (χ3n) is 2.92. The van der Waals surface area contributed by atoms with Crippen molar-refractivity contribution in [3.05, 3.63) is 53.6 Å². The SMILES string of the molecule is CCOc1ccc(OCCNS(=O)(=O)c2ccc(Cl)cc2)cc1. The number of hydrogen-bond donors (Lipinski definition) is 1. The Bertz CT molecular complexity index is 715. The highest BCUT2D eigenvalue weighted by Crippen LogP contribution is 2.17. The van der Waals surface area contributed by atoms with Gasteiger partial charge in [0, 0.05) is 11.6 Å². The Morgan fingerprint density at radius 2 is 1.52 bits per heavy atom. The van der Waals surface area contributed by atoms with E-state index in [-0.39, 0.29) is 18.0 Å². The zero-order valence-corrected chi connectivity index (χ0v) is 14.2. The third-order valence-corrected chi connectivity index (χ3v) is 4.65. The molecule has 2 aromatic rings. The van der Waals surface area contributed by atoms with Gasteiger partial charge in [0.2, 0.25) is 10.0 Å². The zero-order chi connectivity index (χ0) is 16.7. The molecule has 23 heavy (non-hydrogen) atoms. The molecular weight excluding hydrogens is 338 g/mol. The normalized spacial score (nSPS) is 11.2. The summed E-state index contributed by atoms with van der Waals surface area (Å²) in [6.07, 6.45) is 0. The van der Waals surface area contributed by atoms with Crippen LogP contribution in [0.15, 0.2) is 53.4 Å². The van der Waals surface area contributed by atoms with Crippen molar-refractivity contribution in [3.63, 3.8) is 0 Å². The minimum absolute atomic E-state index is 0.165. The van der Waals surface area contributed by atoms with E-state index in [1.165, 1.54) is 24.3 Å². The van der Waals surface area contributed by atoms with Gasteiger partial charge in [-0.05, 0) is 55.5 Å². The molecule has 0 aliphatic heterocycles. The van der Waals surface area contributed by atoms with Crippen LogP contribution in [0.25, 0.3) is 0 Å². The van der Waals surface area contributed by atoms with Crippen molar-refractivity contribution in [2.75, 3.05) is 19.8 Å². The van der Waals surface area contributed by atoms with Crippen LogP contribution in [0.4, 0.5) is 0 Å². The summed E-state index contributed by atoms with van der Waals surface area (Å²) in [6.45, 7) is 2.91. The lowest BCUT2D eigenvalue weighted by Crippen LogP contribution is -2.28. The Hall–Kier alpha value is -1.76. The van der Waals surface area contributed by atoms with Gasteiger partial charge in [-0.3, -0.25) is 0 Å². The second-order valence-electron chi connectivity index (χ2n) is 4.60. The van der Waals surface area contributed by atoms with E-state index in [0.717, 1.165) is 5.75 Å². The number of nitrogens with one attached hydrogen (secondary N) is 1. The smallest absolute Gasteiger partial charge is 0.240 e. The molecular formula is C16H18ClNO4S. The Kier molecular flexibility index (Phi) is 6.27. The van der Waals surface area contributed by atoms with E-state index in [0.29, 0.717) is 17.4 Å². The van der Waals surface area contributed by atoms with Crippen LogP contribution < -0.4 is 14.2 Å². The molecule has 0 heterocycles. The minimum atomic E-state index is -3.55. The Morgan fingerprint density at radius 3 is 2.09 bits per heavy atom. The molecule has 0 radical (unpaired) electrons. The van der Waals surface area contributed by atoms with Gasteiger partial charge in [-0.1, -0.05) is 11.6 Å². The molecule has 0 atom stereocenters. The van der Waals surface area contributed by atoms with Crippen molar-refractivity contribution in [2.45, 2.75) is 11.8 Å². The number of sulfonamides is 1. The molecule has 0 bridgehead atoms. The Labute approximate surface area is 141 Å². The van der Waals surface area contributed by atoms with Gasteiger partial charge in [-0.15, -0.1) is 0 Å². The first-order chi connectivity index (χ1) is 11.0. The maximum Gasteiger partial charge on any atom is 0.240 e. The van der Waals surface area contributed by atoms with Crippen LogP contribution in [0.1, 0.15) is 6.92 Å². The van der Waals surface area contributed by atoms with E-state index >= 15 is 0 Å². The third kappa shape index (κ3) is 5.42. The highest BCUT2D eigenvalue weighted by Gasteiger charge is 2.12. The number of hydrogen-bond acceptors (Lipinski definition) is 4. The summed E-state index contributed by atoms with van der Waals surface area (Å²) in [5.74, 6) is 1.42. The van der Waals surface area contributed by atoms with Crippen LogP contribution in [0, 0.1) is 0 Å². The number of rotatable bonds is 8. The lowest BCUT2D eigenvalue weighted by Gasteiger charge is -2.09. The van der Waals surface area contributed by atoms with E-state index in [9.17, 15) is 8.42 Å². The standard InChI is InChI=1S/C16H18ClNO4S/c1-2-21-14-5-7-15(8-6-14)22-12-11-18-23(19,20)16-9-3-13(17)4-10-16/h3-10,18H,2,11-12H2,1H3. The van der Waals surface area contributed by atoms with Crippen LogP contribution in [0.3, 0.4) is 0 Å². The van der Waals surface area contributed by atoms with Crippen LogP contribution in [-0.2, 0) is 10.0 Å². The fourth-order valence-corrected chi connectivity index (χ4v) is 2.98.